The summed E-state index contributed by atoms with van der Waals surface area (Å²) in [6.45, 7) is 3.58. The highest BCUT2D eigenvalue weighted by Crippen LogP contribution is 2.31. The standard InChI is InChI=1S/C12H11Cl2NO/c1-6-3-9(7(2)16)10-4-8(13)5-11(14)12(10)15-6/h3-5,7,16H,1-2H3. The molecule has 0 spiro atoms. The molecule has 0 bridgehead atoms. The van der Waals surface area contributed by atoms with Crippen molar-refractivity contribution >= 4 is 34.1 Å². The molecule has 1 N–H and O–H groups in total. The molecule has 1 unspecified atom stereocenters. The number of aromatic nitrogens is 1. The Morgan fingerprint density at radius 1 is 1.25 bits per heavy atom. The minimum atomic E-state index is -0.571. The maximum atomic E-state index is 9.71. The summed E-state index contributed by atoms with van der Waals surface area (Å²) in [5.41, 5.74) is 2.31. The lowest BCUT2D eigenvalue weighted by atomic mass is 10.0. The third-order valence-corrected chi connectivity index (χ3v) is 2.95. The van der Waals surface area contributed by atoms with Crippen LogP contribution in [0.3, 0.4) is 0 Å². The predicted octanol–water partition coefficient (Wildman–Crippen LogP) is 3.90. The van der Waals surface area contributed by atoms with Crippen molar-refractivity contribution in [2.45, 2.75) is 20.0 Å². The highest BCUT2D eigenvalue weighted by atomic mass is 35.5. The zero-order chi connectivity index (χ0) is 11.9. The molecule has 1 aromatic heterocycles. The highest BCUT2D eigenvalue weighted by Gasteiger charge is 2.11. The number of rotatable bonds is 1. The van der Waals surface area contributed by atoms with Crippen molar-refractivity contribution in [1.82, 2.24) is 4.98 Å². The van der Waals surface area contributed by atoms with Crippen molar-refractivity contribution < 1.29 is 5.11 Å². The largest absolute Gasteiger partial charge is 0.389 e. The zero-order valence-electron chi connectivity index (χ0n) is 8.96. The van der Waals surface area contributed by atoms with Crippen LogP contribution < -0.4 is 0 Å². The molecule has 0 fully saturated rings. The fraction of sp³-hybridized carbons (Fsp3) is 0.250. The van der Waals surface area contributed by atoms with Gasteiger partial charge in [-0.15, -0.1) is 0 Å². The molecule has 2 rings (SSSR count). The first-order chi connectivity index (χ1) is 7.49. The van der Waals surface area contributed by atoms with Gasteiger partial charge in [-0.05, 0) is 37.6 Å². The highest BCUT2D eigenvalue weighted by molar-refractivity contribution is 6.38. The second-order valence-electron chi connectivity index (χ2n) is 3.81. The van der Waals surface area contributed by atoms with Gasteiger partial charge in [-0.2, -0.15) is 0 Å². The first-order valence-corrected chi connectivity index (χ1v) is 5.69. The Labute approximate surface area is 104 Å². The molecule has 1 atom stereocenters. The van der Waals surface area contributed by atoms with E-state index in [1.165, 1.54) is 0 Å². The Kier molecular flexibility index (Phi) is 3.06. The van der Waals surface area contributed by atoms with Gasteiger partial charge in [0.2, 0.25) is 0 Å². The molecule has 1 aromatic carbocycles. The fourth-order valence-electron chi connectivity index (χ4n) is 1.76. The van der Waals surface area contributed by atoms with E-state index in [-0.39, 0.29) is 0 Å². The fourth-order valence-corrected chi connectivity index (χ4v) is 2.29. The third kappa shape index (κ3) is 2.01. The van der Waals surface area contributed by atoms with Crippen LogP contribution in [0.1, 0.15) is 24.3 Å². The Morgan fingerprint density at radius 2 is 1.94 bits per heavy atom. The second kappa shape index (κ2) is 4.21. The van der Waals surface area contributed by atoms with Gasteiger partial charge in [-0.3, -0.25) is 4.98 Å². The summed E-state index contributed by atoms with van der Waals surface area (Å²) in [6.07, 6.45) is -0.571. The van der Waals surface area contributed by atoms with Crippen LogP contribution in [-0.4, -0.2) is 10.1 Å². The SMILES string of the molecule is Cc1cc(C(C)O)c2cc(Cl)cc(Cl)c2n1. The smallest absolute Gasteiger partial charge is 0.0896 e. The van der Waals surface area contributed by atoms with Gasteiger partial charge in [-0.25, -0.2) is 0 Å². The number of halogens is 2. The molecule has 2 aromatic rings. The van der Waals surface area contributed by atoms with E-state index < -0.39 is 6.10 Å². The number of aryl methyl sites for hydroxylation is 1. The van der Waals surface area contributed by atoms with Crippen LogP contribution >= 0.6 is 23.2 Å². The lowest BCUT2D eigenvalue weighted by Gasteiger charge is -2.11. The monoisotopic (exact) mass is 255 g/mol. The average Bonchev–Trinajstić information content (AvgIpc) is 2.18. The molecule has 84 valence electrons. The van der Waals surface area contributed by atoms with Crippen LogP contribution in [0.2, 0.25) is 10.0 Å². The minimum absolute atomic E-state index is 0.508. The summed E-state index contributed by atoms with van der Waals surface area (Å²) in [7, 11) is 0. The van der Waals surface area contributed by atoms with E-state index in [1.54, 1.807) is 19.1 Å². The number of hydrogen-bond acceptors (Lipinski definition) is 2. The molecule has 0 amide bonds. The molecule has 0 aliphatic heterocycles. The van der Waals surface area contributed by atoms with E-state index in [9.17, 15) is 5.11 Å². The van der Waals surface area contributed by atoms with E-state index in [0.717, 1.165) is 16.6 Å². The third-order valence-electron chi connectivity index (χ3n) is 2.44. The van der Waals surface area contributed by atoms with Gasteiger partial charge in [0.05, 0.1) is 16.6 Å². The van der Waals surface area contributed by atoms with Gasteiger partial charge in [0.25, 0.3) is 0 Å². The predicted molar refractivity (Wildman–Crippen MR) is 67.1 cm³/mol. The van der Waals surface area contributed by atoms with E-state index in [1.807, 2.05) is 13.0 Å². The molecule has 0 aliphatic rings. The second-order valence-corrected chi connectivity index (χ2v) is 4.66. The molecule has 16 heavy (non-hydrogen) atoms. The molecule has 0 radical (unpaired) electrons. The number of aliphatic hydroxyl groups is 1. The van der Waals surface area contributed by atoms with E-state index in [2.05, 4.69) is 4.98 Å². The van der Waals surface area contributed by atoms with Gasteiger partial charge in [-0.1, -0.05) is 23.2 Å². The number of fused-ring (bicyclic) bond motifs is 1. The van der Waals surface area contributed by atoms with E-state index in [0.29, 0.717) is 15.6 Å². The summed E-state index contributed by atoms with van der Waals surface area (Å²) in [5, 5.41) is 11.6. The van der Waals surface area contributed by atoms with Crippen molar-refractivity contribution in [3.8, 4) is 0 Å². The first kappa shape index (κ1) is 11.6. The van der Waals surface area contributed by atoms with Gasteiger partial charge in [0, 0.05) is 16.1 Å². The number of aliphatic hydroxyl groups excluding tert-OH is 1. The van der Waals surface area contributed by atoms with Gasteiger partial charge in [0.15, 0.2) is 0 Å². The minimum Gasteiger partial charge on any atom is -0.389 e. The van der Waals surface area contributed by atoms with Crippen molar-refractivity contribution in [2.75, 3.05) is 0 Å². The molecule has 0 saturated heterocycles. The molecule has 4 heteroatoms. The van der Waals surface area contributed by atoms with Crippen LogP contribution in [0.5, 0.6) is 0 Å². The number of hydrogen-bond donors (Lipinski definition) is 1. The summed E-state index contributed by atoms with van der Waals surface area (Å²) >= 11 is 12.0. The summed E-state index contributed by atoms with van der Waals surface area (Å²) in [6, 6.07) is 5.28. The molecule has 2 nitrogen and oxygen atoms in total. The van der Waals surface area contributed by atoms with Crippen LogP contribution in [-0.2, 0) is 0 Å². The van der Waals surface area contributed by atoms with Crippen LogP contribution in [0.4, 0.5) is 0 Å². The number of nitrogens with zero attached hydrogens (tertiary/aromatic N) is 1. The first-order valence-electron chi connectivity index (χ1n) is 4.93. The lowest BCUT2D eigenvalue weighted by Crippen LogP contribution is -1.96. The van der Waals surface area contributed by atoms with E-state index in [4.69, 9.17) is 23.2 Å². The van der Waals surface area contributed by atoms with Crippen LogP contribution in [0, 0.1) is 6.92 Å². The van der Waals surface area contributed by atoms with Crippen LogP contribution in [0.15, 0.2) is 18.2 Å². The maximum Gasteiger partial charge on any atom is 0.0896 e. The van der Waals surface area contributed by atoms with Crippen molar-refractivity contribution in [3.05, 3.63) is 39.5 Å². The van der Waals surface area contributed by atoms with Crippen molar-refractivity contribution in [2.24, 2.45) is 0 Å². The van der Waals surface area contributed by atoms with Gasteiger partial charge >= 0.3 is 0 Å². The summed E-state index contributed by atoms with van der Waals surface area (Å²) < 4.78 is 0. The normalized spacial score (nSPS) is 13.1. The Morgan fingerprint density at radius 3 is 2.56 bits per heavy atom. The molecule has 1 heterocycles. The van der Waals surface area contributed by atoms with Gasteiger partial charge < -0.3 is 5.11 Å². The average molecular weight is 256 g/mol. The maximum absolute atomic E-state index is 9.71. The van der Waals surface area contributed by atoms with Crippen LogP contribution in [0.25, 0.3) is 10.9 Å². The quantitative estimate of drug-likeness (QED) is 0.839. The Bertz CT molecular complexity index is 552. The van der Waals surface area contributed by atoms with E-state index >= 15 is 0 Å². The zero-order valence-corrected chi connectivity index (χ0v) is 10.5. The Hall–Kier alpha value is -0.830. The van der Waals surface area contributed by atoms with Crippen molar-refractivity contribution in [1.29, 1.82) is 0 Å². The Balaban J connectivity index is 2.89. The molecule has 0 aliphatic carbocycles. The lowest BCUT2D eigenvalue weighted by molar-refractivity contribution is 0.200. The number of pyridine rings is 1. The van der Waals surface area contributed by atoms with Crippen molar-refractivity contribution in [3.63, 3.8) is 0 Å². The van der Waals surface area contributed by atoms with Gasteiger partial charge in [0.1, 0.15) is 0 Å². The molecule has 0 saturated carbocycles. The molecular weight excluding hydrogens is 245 g/mol. The number of benzene rings is 1. The molecular formula is C12H11Cl2NO. The summed E-state index contributed by atoms with van der Waals surface area (Å²) in [4.78, 5) is 4.36. The topological polar surface area (TPSA) is 33.1 Å². The summed E-state index contributed by atoms with van der Waals surface area (Å²) in [5.74, 6) is 0.